The summed E-state index contributed by atoms with van der Waals surface area (Å²) < 4.78 is 0. The van der Waals surface area contributed by atoms with Gasteiger partial charge >= 0.3 is 0 Å². The van der Waals surface area contributed by atoms with Crippen LogP contribution in [0, 0.1) is 12.8 Å². The molecule has 0 saturated heterocycles. The lowest BCUT2D eigenvalue weighted by atomic mass is 9.89. The molecule has 1 aromatic rings. The lowest BCUT2D eigenvalue weighted by molar-refractivity contribution is -0.119. The van der Waals surface area contributed by atoms with Gasteiger partial charge in [0.2, 0.25) is 5.91 Å². The summed E-state index contributed by atoms with van der Waals surface area (Å²) in [6.45, 7) is 3.70. The molecule has 96 valence electrons. The molecule has 3 nitrogen and oxygen atoms in total. The number of amides is 1. The third-order valence-electron chi connectivity index (χ3n) is 3.98. The third-order valence-corrected chi connectivity index (χ3v) is 3.98. The molecule has 0 radical (unpaired) electrons. The van der Waals surface area contributed by atoms with Crippen molar-refractivity contribution in [2.45, 2.75) is 45.2 Å². The normalized spacial score (nSPS) is 26.1. The molecule has 0 spiro atoms. The van der Waals surface area contributed by atoms with Gasteiger partial charge in [0.1, 0.15) is 0 Å². The predicted octanol–water partition coefficient (Wildman–Crippen LogP) is 2.77. The number of carbonyl (C=O) groups is 1. The zero-order valence-electron chi connectivity index (χ0n) is 11.0. The van der Waals surface area contributed by atoms with Crippen LogP contribution in [0.15, 0.2) is 18.2 Å². The van der Waals surface area contributed by atoms with Crippen molar-refractivity contribution in [2.24, 2.45) is 5.92 Å². The second kappa shape index (κ2) is 4.30. The van der Waals surface area contributed by atoms with Gasteiger partial charge < -0.3 is 10.6 Å². The predicted molar refractivity (Wildman–Crippen MR) is 72.5 cm³/mol. The fraction of sp³-hybridized carbons (Fsp3) is 0.533. The Labute approximate surface area is 108 Å². The fourth-order valence-electron chi connectivity index (χ4n) is 2.93. The fourth-order valence-corrected chi connectivity index (χ4v) is 2.93. The van der Waals surface area contributed by atoms with E-state index in [0.29, 0.717) is 6.04 Å². The molecular weight excluding hydrogens is 224 g/mol. The molecule has 18 heavy (non-hydrogen) atoms. The van der Waals surface area contributed by atoms with Crippen LogP contribution in [0.4, 0.5) is 5.69 Å². The highest BCUT2D eigenvalue weighted by molar-refractivity contribution is 5.74. The number of hydrogen-bond donors (Lipinski definition) is 2. The van der Waals surface area contributed by atoms with Crippen LogP contribution >= 0.6 is 0 Å². The molecule has 1 aliphatic carbocycles. The molecule has 1 fully saturated rings. The molecule has 1 aromatic carbocycles. The van der Waals surface area contributed by atoms with E-state index in [-0.39, 0.29) is 11.9 Å². The van der Waals surface area contributed by atoms with Gasteiger partial charge in [0.05, 0.1) is 6.04 Å². The molecule has 2 N–H and O–H groups in total. The summed E-state index contributed by atoms with van der Waals surface area (Å²) in [4.78, 5) is 11.4. The average Bonchev–Trinajstić information content (AvgIpc) is 3.12. The molecule has 1 amide bonds. The number of hydrogen-bond acceptors (Lipinski definition) is 2. The van der Waals surface area contributed by atoms with Crippen LogP contribution in [-0.4, -0.2) is 11.9 Å². The zero-order valence-corrected chi connectivity index (χ0v) is 11.0. The number of aryl methyl sites for hydroxylation is 1. The first-order valence-corrected chi connectivity index (χ1v) is 6.77. The molecule has 1 aliphatic heterocycles. The highest BCUT2D eigenvalue weighted by atomic mass is 16.1. The van der Waals surface area contributed by atoms with Crippen LogP contribution in [0.1, 0.15) is 43.4 Å². The standard InChI is InChI=1S/C15H20N2O/c1-9-3-6-13-12(7-9)15(16-10(2)18)8-14(17-13)11-4-5-11/h3,6-7,11,14-15,17H,4-5,8H2,1-2H3,(H,16,18)/t14-,15-/m0/s1. The summed E-state index contributed by atoms with van der Waals surface area (Å²) in [7, 11) is 0. The lowest BCUT2D eigenvalue weighted by Crippen LogP contribution is -2.37. The van der Waals surface area contributed by atoms with Crippen molar-refractivity contribution in [3.8, 4) is 0 Å². The summed E-state index contributed by atoms with van der Waals surface area (Å²) in [5.74, 6) is 0.861. The second-order valence-electron chi connectivity index (χ2n) is 5.67. The van der Waals surface area contributed by atoms with Gasteiger partial charge in [-0.25, -0.2) is 0 Å². The lowest BCUT2D eigenvalue weighted by Gasteiger charge is -2.34. The van der Waals surface area contributed by atoms with E-state index in [4.69, 9.17) is 0 Å². The zero-order chi connectivity index (χ0) is 12.7. The molecule has 1 saturated carbocycles. The number of anilines is 1. The van der Waals surface area contributed by atoms with Crippen molar-refractivity contribution in [3.05, 3.63) is 29.3 Å². The highest BCUT2D eigenvalue weighted by Crippen LogP contribution is 2.42. The minimum atomic E-state index is 0.0592. The van der Waals surface area contributed by atoms with E-state index in [1.54, 1.807) is 6.92 Å². The third kappa shape index (κ3) is 2.22. The molecule has 0 bridgehead atoms. The minimum Gasteiger partial charge on any atom is -0.382 e. The van der Waals surface area contributed by atoms with Crippen molar-refractivity contribution < 1.29 is 4.79 Å². The largest absolute Gasteiger partial charge is 0.382 e. The molecule has 0 aromatic heterocycles. The van der Waals surface area contributed by atoms with E-state index in [1.165, 1.54) is 29.7 Å². The van der Waals surface area contributed by atoms with Gasteiger partial charge in [-0.1, -0.05) is 17.7 Å². The van der Waals surface area contributed by atoms with Crippen LogP contribution in [0.3, 0.4) is 0 Å². The highest BCUT2D eigenvalue weighted by Gasteiger charge is 2.37. The molecule has 1 heterocycles. The van der Waals surface area contributed by atoms with Gasteiger partial charge in [0.15, 0.2) is 0 Å². The molecule has 3 rings (SSSR count). The van der Waals surface area contributed by atoms with Crippen LogP contribution in [-0.2, 0) is 4.79 Å². The monoisotopic (exact) mass is 244 g/mol. The van der Waals surface area contributed by atoms with Crippen LogP contribution in [0.25, 0.3) is 0 Å². The van der Waals surface area contributed by atoms with E-state index < -0.39 is 0 Å². The minimum absolute atomic E-state index is 0.0592. The quantitative estimate of drug-likeness (QED) is 0.840. The number of nitrogens with one attached hydrogen (secondary N) is 2. The molecule has 0 unspecified atom stereocenters. The Morgan fingerprint density at radius 1 is 1.39 bits per heavy atom. The van der Waals surface area contributed by atoms with Crippen molar-refractivity contribution in [2.75, 3.05) is 5.32 Å². The number of benzene rings is 1. The summed E-state index contributed by atoms with van der Waals surface area (Å²) in [5, 5.41) is 6.74. The van der Waals surface area contributed by atoms with Crippen LogP contribution < -0.4 is 10.6 Å². The SMILES string of the molecule is CC(=O)N[C@H]1C[C@@H](C2CC2)Nc2ccc(C)cc21. The topological polar surface area (TPSA) is 41.1 Å². The number of rotatable bonds is 2. The summed E-state index contributed by atoms with van der Waals surface area (Å²) in [5.41, 5.74) is 3.68. The van der Waals surface area contributed by atoms with E-state index in [9.17, 15) is 4.79 Å². The number of fused-ring (bicyclic) bond motifs is 1. The van der Waals surface area contributed by atoms with Gasteiger partial charge in [0, 0.05) is 18.7 Å². The van der Waals surface area contributed by atoms with Gasteiger partial charge in [-0.2, -0.15) is 0 Å². The van der Waals surface area contributed by atoms with Crippen molar-refractivity contribution in [1.29, 1.82) is 0 Å². The van der Waals surface area contributed by atoms with Gasteiger partial charge in [-0.15, -0.1) is 0 Å². The Morgan fingerprint density at radius 2 is 2.17 bits per heavy atom. The Kier molecular flexibility index (Phi) is 2.77. The summed E-state index contributed by atoms with van der Waals surface area (Å²) in [6.07, 6.45) is 3.66. The first-order chi connectivity index (χ1) is 8.63. The van der Waals surface area contributed by atoms with Gasteiger partial charge in [0.25, 0.3) is 0 Å². The van der Waals surface area contributed by atoms with Gasteiger partial charge in [-0.05, 0) is 43.7 Å². The van der Waals surface area contributed by atoms with E-state index in [2.05, 4.69) is 35.8 Å². The molecule has 3 heteroatoms. The maximum atomic E-state index is 11.4. The first kappa shape index (κ1) is 11.6. The maximum absolute atomic E-state index is 11.4. The van der Waals surface area contributed by atoms with E-state index in [1.807, 2.05) is 0 Å². The summed E-state index contributed by atoms with van der Waals surface area (Å²) >= 11 is 0. The van der Waals surface area contributed by atoms with E-state index >= 15 is 0 Å². The maximum Gasteiger partial charge on any atom is 0.217 e. The smallest absolute Gasteiger partial charge is 0.217 e. The Bertz CT molecular complexity index is 479. The Morgan fingerprint density at radius 3 is 2.83 bits per heavy atom. The van der Waals surface area contributed by atoms with Crippen molar-refractivity contribution >= 4 is 11.6 Å². The van der Waals surface area contributed by atoms with Gasteiger partial charge in [-0.3, -0.25) is 4.79 Å². The van der Waals surface area contributed by atoms with Crippen LogP contribution in [0.5, 0.6) is 0 Å². The average molecular weight is 244 g/mol. The Balaban J connectivity index is 1.91. The summed E-state index contributed by atoms with van der Waals surface area (Å²) in [6, 6.07) is 7.16. The molecular formula is C15H20N2O. The number of carbonyl (C=O) groups excluding carboxylic acids is 1. The molecule has 2 aliphatic rings. The Hall–Kier alpha value is -1.51. The van der Waals surface area contributed by atoms with E-state index in [0.717, 1.165) is 12.3 Å². The van der Waals surface area contributed by atoms with Crippen LogP contribution in [0.2, 0.25) is 0 Å². The molecule has 2 atom stereocenters. The van der Waals surface area contributed by atoms with Crippen molar-refractivity contribution in [3.63, 3.8) is 0 Å². The second-order valence-corrected chi connectivity index (χ2v) is 5.67. The first-order valence-electron chi connectivity index (χ1n) is 6.77. The van der Waals surface area contributed by atoms with Crippen molar-refractivity contribution in [1.82, 2.24) is 5.32 Å².